The molecule has 11 heavy (non-hydrogen) atoms. The van der Waals surface area contributed by atoms with E-state index in [1.165, 1.54) is 24.0 Å². The molecule has 0 aliphatic heterocycles. The Morgan fingerprint density at radius 2 is 2.18 bits per heavy atom. The quantitative estimate of drug-likeness (QED) is 0.605. The maximum Gasteiger partial charge on any atom is 0.0647 e. The fraction of sp³-hybridized carbons (Fsp3) is 0.800. The molecule has 0 fully saturated rings. The Kier molecular flexibility index (Phi) is 2.72. The summed E-state index contributed by atoms with van der Waals surface area (Å²) in [6, 6.07) is 0. The lowest BCUT2D eigenvalue weighted by molar-refractivity contribution is 0.299. The van der Waals surface area contributed by atoms with Gasteiger partial charge in [-0.25, -0.2) is 0 Å². The van der Waals surface area contributed by atoms with E-state index in [2.05, 4.69) is 20.8 Å². The molecule has 0 aromatic heterocycles. The zero-order valence-corrected chi connectivity index (χ0v) is 7.72. The predicted molar refractivity (Wildman–Crippen MR) is 47.3 cm³/mol. The first kappa shape index (κ1) is 8.79. The van der Waals surface area contributed by atoms with E-state index < -0.39 is 0 Å². The lowest BCUT2D eigenvalue weighted by Crippen LogP contribution is -2.10. The molecule has 1 nitrogen and oxygen atoms in total. The van der Waals surface area contributed by atoms with Crippen molar-refractivity contribution in [1.82, 2.24) is 0 Å². The molecule has 0 bridgehead atoms. The Morgan fingerprint density at radius 3 is 2.55 bits per heavy atom. The zero-order valence-electron chi connectivity index (χ0n) is 7.72. The van der Waals surface area contributed by atoms with Gasteiger partial charge in [0.25, 0.3) is 0 Å². The van der Waals surface area contributed by atoms with Crippen molar-refractivity contribution in [2.45, 2.75) is 33.6 Å². The molecule has 0 unspecified atom stereocenters. The van der Waals surface area contributed by atoms with Crippen LogP contribution < -0.4 is 0 Å². The van der Waals surface area contributed by atoms with Crippen LogP contribution in [0.15, 0.2) is 11.1 Å². The second-order valence-corrected chi connectivity index (χ2v) is 3.85. The van der Waals surface area contributed by atoms with Crippen LogP contribution >= 0.6 is 0 Å². The third-order valence-electron chi connectivity index (χ3n) is 2.80. The van der Waals surface area contributed by atoms with E-state index in [9.17, 15) is 0 Å². The molecular formula is C10H18O. The normalized spacial score (nSPS) is 25.4. The first-order chi connectivity index (χ1) is 5.16. The minimum absolute atomic E-state index is 0.273. The lowest BCUT2D eigenvalue weighted by Gasteiger charge is -2.17. The smallest absolute Gasteiger partial charge is 0.0647 e. The molecule has 0 aromatic carbocycles. The summed E-state index contributed by atoms with van der Waals surface area (Å²) in [6.45, 7) is 6.89. The topological polar surface area (TPSA) is 20.2 Å². The summed E-state index contributed by atoms with van der Waals surface area (Å²) >= 11 is 0. The van der Waals surface area contributed by atoms with Crippen LogP contribution in [-0.4, -0.2) is 11.7 Å². The average molecular weight is 154 g/mol. The van der Waals surface area contributed by atoms with E-state index in [-0.39, 0.29) is 6.61 Å². The van der Waals surface area contributed by atoms with Crippen molar-refractivity contribution in [2.24, 2.45) is 11.8 Å². The second kappa shape index (κ2) is 3.40. The number of hydrogen-bond acceptors (Lipinski definition) is 1. The molecule has 0 spiro atoms. The van der Waals surface area contributed by atoms with Gasteiger partial charge in [-0.2, -0.15) is 0 Å². The third-order valence-corrected chi connectivity index (χ3v) is 2.80. The molecule has 0 amide bonds. The Balaban J connectivity index is 2.72. The van der Waals surface area contributed by atoms with Crippen LogP contribution in [-0.2, 0) is 0 Å². The first-order valence-corrected chi connectivity index (χ1v) is 4.46. The minimum atomic E-state index is 0.273. The van der Waals surface area contributed by atoms with Crippen molar-refractivity contribution in [3.05, 3.63) is 11.1 Å². The van der Waals surface area contributed by atoms with Gasteiger partial charge in [-0.05, 0) is 37.2 Å². The van der Waals surface area contributed by atoms with Gasteiger partial charge in [0.15, 0.2) is 0 Å². The molecule has 1 N–H and O–H groups in total. The summed E-state index contributed by atoms with van der Waals surface area (Å²) in [5, 5.41) is 9.10. The monoisotopic (exact) mass is 154 g/mol. The highest BCUT2D eigenvalue weighted by Crippen LogP contribution is 2.35. The number of aliphatic hydroxyl groups excluding tert-OH is 1. The van der Waals surface area contributed by atoms with Crippen molar-refractivity contribution in [2.75, 3.05) is 6.61 Å². The van der Waals surface area contributed by atoms with Gasteiger partial charge in [0, 0.05) is 0 Å². The molecule has 0 heterocycles. The van der Waals surface area contributed by atoms with Crippen LogP contribution in [0, 0.1) is 11.8 Å². The Bertz CT molecular complexity index is 168. The first-order valence-electron chi connectivity index (χ1n) is 4.46. The van der Waals surface area contributed by atoms with E-state index in [1.807, 2.05) is 0 Å². The van der Waals surface area contributed by atoms with Crippen LogP contribution in [0.25, 0.3) is 0 Å². The molecule has 0 saturated heterocycles. The van der Waals surface area contributed by atoms with E-state index in [4.69, 9.17) is 5.11 Å². The highest BCUT2D eigenvalue weighted by atomic mass is 16.3. The van der Waals surface area contributed by atoms with Gasteiger partial charge < -0.3 is 5.11 Å². The van der Waals surface area contributed by atoms with Gasteiger partial charge in [0.2, 0.25) is 0 Å². The molecule has 1 aliphatic carbocycles. The fourth-order valence-electron chi connectivity index (χ4n) is 2.01. The minimum Gasteiger partial charge on any atom is -0.392 e. The summed E-state index contributed by atoms with van der Waals surface area (Å²) < 4.78 is 0. The van der Waals surface area contributed by atoms with Gasteiger partial charge in [-0.15, -0.1) is 0 Å². The zero-order chi connectivity index (χ0) is 8.43. The SMILES string of the molecule is CC1=C(CO)[C@H](C(C)C)CC1. The van der Waals surface area contributed by atoms with Crippen molar-refractivity contribution in [1.29, 1.82) is 0 Å². The Hall–Kier alpha value is -0.300. The van der Waals surface area contributed by atoms with Gasteiger partial charge in [0.1, 0.15) is 0 Å². The molecule has 0 aromatic rings. The molecule has 1 heteroatoms. The highest BCUT2D eigenvalue weighted by molar-refractivity contribution is 5.21. The molecule has 1 aliphatic rings. The van der Waals surface area contributed by atoms with Crippen molar-refractivity contribution in [3.63, 3.8) is 0 Å². The molecule has 0 saturated carbocycles. The summed E-state index contributed by atoms with van der Waals surface area (Å²) in [5.74, 6) is 1.34. The van der Waals surface area contributed by atoms with Crippen molar-refractivity contribution < 1.29 is 5.11 Å². The van der Waals surface area contributed by atoms with Gasteiger partial charge in [-0.1, -0.05) is 19.4 Å². The largest absolute Gasteiger partial charge is 0.392 e. The number of hydrogen-bond donors (Lipinski definition) is 1. The standard InChI is InChI=1S/C10H18O/c1-7(2)9-5-4-8(3)10(9)6-11/h7,9,11H,4-6H2,1-3H3/t9-/m0/s1. The van der Waals surface area contributed by atoms with Crippen LogP contribution in [0.4, 0.5) is 0 Å². The second-order valence-electron chi connectivity index (χ2n) is 3.85. The van der Waals surface area contributed by atoms with Crippen LogP contribution in [0.3, 0.4) is 0 Å². The van der Waals surface area contributed by atoms with Crippen molar-refractivity contribution >= 4 is 0 Å². The fourth-order valence-corrected chi connectivity index (χ4v) is 2.01. The van der Waals surface area contributed by atoms with Gasteiger partial charge in [-0.3, -0.25) is 0 Å². The predicted octanol–water partition coefficient (Wildman–Crippen LogP) is 2.36. The van der Waals surface area contributed by atoms with Crippen LogP contribution in [0.1, 0.15) is 33.6 Å². The molecule has 0 radical (unpaired) electrons. The lowest BCUT2D eigenvalue weighted by atomic mass is 9.90. The molecule has 1 rings (SSSR count). The maximum absolute atomic E-state index is 9.10. The number of allylic oxidation sites excluding steroid dienone is 1. The maximum atomic E-state index is 9.10. The van der Waals surface area contributed by atoms with Gasteiger partial charge in [0.05, 0.1) is 6.61 Å². The number of rotatable bonds is 2. The highest BCUT2D eigenvalue weighted by Gasteiger charge is 2.24. The van der Waals surface area contributed by atoms with Crippen LogP contribution in [0.5, 0.6) is 0 Å². The van der Waals surface area contributed by atoms with E-state index in [1.54, 1.807) is 0 Å². The van der Waals surface area contributed by atoms with E-state index >= 15 is 0 Å². The van der Waals surface area contributed by atoms with Gasteiger partial charge >= 0.3 is 0 Å². The summed E-state index contributed by atoms with van der Waals surface area (Å²) in [6.07, 6.45) is 2.44. The Morgan fingerprint density at radius 1 is 1.55 bits per heavy atom. The number of aliphatic hydroxyl groups is 1. The summed E-state index contributed by atoms with van der Waals surface area (Å²) in [7, 11) is 0. The van der Waals surface area contributed by atoms with E-state index in [0.29, 0.717) is 11.8 Å². The molecule has 64 valence electrons. The molecular weight excluding hydrogens is 136 g/mol. The molecule has 1 atom stereocenters. The van der Waals surface area contributed by atoms with Crippen molar-refractivity contribution in [3.8, 4) is 0 Å². The van der Waals surface area contributed by atoms with E-state index in [0.717, 1.165) is 0 Å². The average Bonchev–Trinajstić information content (AvgIpc) is 2.30. The van der Waals surface area contributed by atoms with Crippen LogP contribution in [0.2, 0.25) is 0 Å². The third kappa shape index (κ3) is 1.64. The summed E-state index contributed by atoms with van der Waals surface area (Å²) in [5.41, 5.74) is 2.73. The summed E-state index contributed by atoms with van der Waals surface area (Å²) in [4.78, 5) is 0. The Labute approximate surface area is 69.1 Å².